The molecule has 0 fully saturated rings. The summed E-state index contributed by atoms with van der Waals surface area (Å²) in [5.74, 6) is -1.07. The van der Waals surface area contributed by atoms with E-state index in [4.69, 9.17) is 14.9 Å². The van der Waals surface area contributed by atoms with E-state index in [1.165, 1.54) is 0 Å². The van der Waals surface area contributed by atoms with Crippen molar-refractivity contribution in [1.82, 2.24) is 0 Å². The van der Waals surface area contributed by atoms with Crippen LogP contribution in [-0.2, 0) is 9.53 Å². The van der Waals surface area contributed by atoms with Gasteiger partial charge in [0.25, 0.3) is 0 Å². The van der Waals surface area contributed by atoms with Crippen molar-refractivity contribution in [3.63, 3.8) is 0 Å². The molecule has 0 amide bonds. The van der Waals surface area contributed by atoms with E-state index in [0.717, 1.165) is 5.56 Å². The predicted octanol–water partition coefficient (Wildman–Crippen LogP) is 1.89. The molecule has 0 saturated carbocycles. The molecule has 0 bridgehead atoms. The Morgan fingerprint density at radius 2 is 2.25 bits per heavy atom. The first kappa shape index (κ1) is 13.2. The molecule has 1 unspecified atom stereocenters. The van der Waals surface area contributed by atoms with Gasteiger partial charge in [-0.25, -0.2) is 4.79 Å². The van der Waals surface area contributed by atoms with Crippen LogP contribution in [0.3, 0.4) is 0 Å². The normalized spacial score (nSPS) is 12.4. The van der Waals surface area contributed by atoms with Gasteiger partial charge in [0.05, 0.1) is 13.2 Å². The molecule has 0 aromatic heterocycles. The van der Waals surface area contributed by atoms with Gasteiger partial charge in [0.15, 0.2) is 6.10 Å². The zero-order chi connectivity index (χ0) is 12.1. The van der Waals surface area contributed by atoms with E-state index in [1.54, 1.807) is 6.07 Å². The molecule has 2 N–H and O–H groups in total. The largest absolute Gasteiger partial charge is 0.479 e. The van der Waals surface area contributed by atoms with E-state index >= 15 is 0 Å². The molecule has 0 aliphatic rings. The Hall–Kier alpha value is -0.910. The summed E-state index contributed by atoms with van der Waals surface area (Å²) in [7, 11) is 0. The van der Waals surface area contributed by atoms with E-state index in [1.807, 2.05) is 19.1 Å². The molecule has 0 radical (unpaired) electrons. The highest BCUT2D eigenvalue weighted by molar-refractivity contribution is 9.10. The van der Waals surface area contributed by atoms with Crippen molar-refractivity contribution < 1.29 is 19.7 Å². The third kappa shape index (κ3) is 3.30. The molecule has 1 aromatic carbocycles. The number of carboxylic acid groups (broad SMARTS) is 1. The molecule has 0 aliphatic carbocycles. The van der Waals surface area contributed by atoms with Crippen LogP contribution >= 0.6 is 15.9 Å². The fourth-order valence-corrected chi connectivity index (χ4v) is 2.01. The average Bonchev–Trinajstić information content (AvgIpc) is 2.20. The minimum atomic E-state index is -1.07. The van der Waals surface area contributed by atoms with E-state index in [0.29, 0.717) is 10.0 Å². The topological polar surface area (TPSA) is 66.8 Å². The number of hydrogen-bond acceptors (Lipinski definition) is 3. The Labute approximate surface area is 102 Å². The highest BCUT2D eigenvalue weighted by Crippen LogP contribution is 2.27. The second kappa shape index (κ2) is 5.98. The van der Waals surface area contributed by atoms with Crippen molar-refractivity contribution in [2.75, 3.05) is 13.2 Å². The van der Waals surface area contributed by atoms with Crippen molar-refractivity contribution >= 4 is 21.9 Å². The monoisotopic (exact) mass is 288 g/mol. The summed E-state index contributed by atoms with van der Waals surface area (Å²) < 4.78 is 5.77. The maximum Gasteiger partial charge on any atom is 0.337 e. The molecule has 88 valence electrons. The molecule has 1 atom stereocenters. The first-order valence-corrected chi connectivity index (χ1v) is 5.57. The van der Waals surface area contributed by atoms with Crippen LogP contribution in [-0.4, -0.2) is 29.4 Å². The maximum atomic E-state index is 11.0. The minimum absolute atomic E-state index is 0.00270. The molecule has 4 nitrogen and oxygen atoms in total. The van der Waals surface area contributed by atoms with E-state index < -0.39 is 12.1 Å². The molecular weight excluding hydrogens is 276 g/mol. The Morgan fingerprint density at radius 1 is 1.56 bits per heavy atom. The molecule has 1 aromatic rings. The smallest absolute Gasteiger partial charge is 0.337 e. The maximum absolute atomic E-state index is 11.0. The lowest BCUT2D eigenvalue weighted by Crippen LogP contribution is -2.17. The number of carboxylic acids is 1. The van der Waals surface area contributed by atoms with Gasteiger partial charge in [-0.15, -0.1) is 0 Å². The van der Waals surface area contributed by atoms with E-state index in [-0.39, 0.29) is 13.2 Å². The van der Waals surface area contributed by atoms with Crippen molar-refractivity contribution in [3.05, 3.63) is 33.8 Å². The van der Waals surface area contributed by atoms with Crippen LogP contribution in [0.1, 0.15) is 17.2 Å². The van der Waals surface area contributed by atoms with Crippen molar-refractivity contribution in [2.45, 2.75) is 13.0 Å². The van der Waals surface area contributed by atoms with Gasteiger partial charge in [-0.1, -0.05) is 28.1 Å². The molecule has 0 heterocycles. The lowest BCUT2D eigenvalue weighted by atomic mass is 10.1. The van der Waals surface area contributed by atoms with Crippen LogP contribution in [0.4, 0.5) is 0 Å². The van der Waals surface area contributed by atoms with Gasteiger partial charge in [-0.3, -0.25) is 0 Å². The Balaban J connectivity index is 2.96. The summed E-state index contributed by atoms with van der Waals surface area (Å²) in [6, 6.07) is 5.35. The lowest BCUT2D eigenvalue weighted by Gasteiger charge is -2.15. The zero-order valence-corrected chi connectivity index (χ0v) is 10.4. The number of aryl methyl sites for hydroxylation is 1. The SMILES string of the molecule is Cc1ccc(C(OCCO)C(=O)O)c(Br)c1. The summed E-state index contributed by atoms with van der Waals surface area (Å²) in [4.78, 5) is 11.0. The fourth-order valence-electron chi connectivity index (χ4n) is 1.31. The van der Waals surface area contributed by atoms with Crippen molar-refractivity contribution in [1.29, 1.82) is 0 Å². The van der Waals surface area contributed by atoms with E-state index in [9.17, 15) is 4.79 Å². The highest BCUT2D eigenvalue weighted by atomic mass is 79.9. The van der Waals surface area contributed by atoms with Gasteiger partial charge in [-0.05, 0) is 18.6 Å². The predicted molar refractivity (Wildman–Crippen MR) is 62.3 cm³/mol. The third-order valence-corrected chi connectivity index (χ3v) is 2.73. The van der Waals surface area contributed by atoms with Gasteiger partial charge in [-0.2, -0.15) is 0 Å². The lowest BCUT2D eigenvalue weighted by molar-refractivity contribution is -0.151. The van der Waals surface area contributed by atoms with Crippen LogP contribution in [0, 0.1) is 6.92 Å². The Morgan fingerprint density at radius 3 is 2.75 bits per heavy atom. The summed E-state index contributed by atoms with van der Waals surface area (Å²) >= 11 is 3.30. The minimum Gasteiger partial charge on any atom is -0.479 e. The standard InChI is InChI=1S/C11H13BrO4/c1-7-2-3-8(9(12)6-7)10(11(14)15)16-5-4-13/h2-3,6,10,13H,4-5H2,1H3,(H,14,15). The number of halogens is 1. The summed E-state index contributed by atoms with van der Waals surface area (Å²) in [5, 5.41) is 17.6. The van der Waals surface area contributed by atoms with Gasteiger partial charge in [0, 0.05) is 10.0 Å². The Bertz CT molecular complexity index is 378. The number of ether oxygens (including phenoxy) is 1. The highest BCUT2D eigenvalue weighted by Gasteiger charge is 2.22. The van der Waals surface area contributed by atoms with E-state index in [2.05, 4.69) is 15.9 Å². The first-order valence-electron chi connectivity index (χ1n) is 4.77. The van der Waals surface area contributed by atoms with Gasteiger partial charge >= 0.3 is 5.97 Å². The molecule has 5 heteroatoms. The number of aliphatic hydroxyl groups is 1. The number of hydrogen-bond donors (Lipinski definition) is 2. The van der Waals surface area contributed by atoms with Crippen LogP contribution in [0.15, 0.2) is 22.7 Å². The number of aliphatic hydroxyl groups excluding tert-OH is 1. The molecule has 0 saturated heterocycles. The molecule has 0 aliphatic heterocycles. The van der Waals surface area contributed by atoms with Gasteiger partial charge in [0.2, 0.25) is 0 Å². The summed E-state index contributed by atoms with van der Waals surface area (Å²) in [6.45, 7) is 1.71. The third-order valence-electron chi connectivity index (χ3n) is 2.04. The number of aliphatic carboxylic acids is 1. The molecular formula is C11H13BrO4. The number of benzene rings is 1. The van der Waals surface area contributed by atoms with Crippen LogP contribution in [0.2, 0.25) is 0 Å². The molecule has 1 rings (SSSR count). The number of carbonyl (C=O) groups is 1. The molecule has 16 heavy (non-hydrogen) atoms. The number of rotatable bonds is 5. The second-order valence-corrected chi connectivity index (χ2v) is 4.19. The quantitative estimate of drug-likeness (QED) is 0.868. The molecule has 0 spiro atoms. The van der Waals surface area contributed by atoms with Crippen molar-refractivity contribution in [3.8, 4) is 0 Å². The average molecular weight is 289 g/mol. The van der Waals surface area contributed by atoms with Crippen LogP contribution in [0.25, 0.3) is 0 Å². The van der Waals surface area contributed by atoms with Gasteiger partial charge < -0.3 is 14.9 Å². The zero-order valence-electron chi connectivity index (χ0n) is 8.81. The van der Waals surface area contributed by atoms with Crippen LogP contribution in [0.5, 0.6) is 0 Å². The second-order valence-electron chi connectivity index (χ2n) is 3.34. The summed E-state index contributed by atoms with van der Waals surface area (Å²) in [5.41, 5.74) is 1.58. The Kier molecular flexibility index (Phi) is 4.92. The van der Waals surface area contributed by atoms with Crippen LogP contribution < -0.4 is 0 Å². The van der Waals surface area contributed by atoms with Gasteiger partial charge in [0.1, 0.15) is 0 Å². The summed E-state index contributed by atoms with van der Waals surface area (Å²) in [6.07, 6.45) is -1.05. The fraction of sp³-hybridized carbons (Fsp3) is 0.364. The van der Waals surface area contributed by atoms with Crippen molar-refractivity contribution in [2.24, 2.45) is 0 Å². The first-order chi connectivity index (χ1) is 7.56.